The first kappa shape index (κ1) is 11.5. The average molecular weight is 238 g/mol. The van der Waals surface area contributed by atoms with Gasteiger partial charge in [0.1, 0.15) is 0 Å². The highest BCUT2D eigenvalue weighted by Crippen LogP contribution is 2.23. The van der Waals surface area contributed by atoms with Crippen molar-refractivity contribution in [3.05, 3.63) is 70.8 Å². The highest BCUT2D eigenvalue weighted by molar-refractivity contribution is 5.31. The molecule has 0 aromatic heterocycles. The molecule has 0 spiro atoms. The van der Waals surface area contributed by atoms with Crippen molar-refractivity contribution >= 4 is 0 Å². The van der Waals surface area contributed by atoms with Crippen LogP contribution in [0.25, 0.3) is 0 Å². The van der Waals surface area contributed by atoms with E-state index in [1.165, 1.54) is 22.3 Å². The molecule has 0 fully saturated rings. The van der Waals surface area contributed by atoms with Gasteiger partial charge in [0.25, 0.3) is 0 Å². The van der Waals surface area contributed by atoms with E-state index in [9.17, 15) is 5.11 Å². The maximum absolute atomic E-state index is 9.58. The summed E-state index contributed by atoms with van der Waals surface area (Å²) in [6.07, 6.45) is 3.10. The lowest BCUT2D eigenvalue weighted by Crippen LogP contribution is -2.08. The number of aryl methyl sites for hydroxylation is 2. The SMILES string of the molecule is OC[C@H]1Cc2ccc(cc2)CCc2ccc1cc2. The van der Waals surface area contributed by atoms with Crippen LogP contribution in [0.3, 0.4) is 0 Å². The largest absolute Gasteiger partial charge is 0.396 e. The number of benzene rings is 2. The van der Waals surface area contributed by atoms with Crippen LogP contribution in [0, 0.1) is 0 Å². The maximum atomic E-state index is 9.58. The molecule has 0 radical (unpaired) electrons. The van der Waals surface area contributed by atoms with Gasteiger partial charge in [0, 0.05) is 5.92 Å². The zero-order valence-electron chi connectivity index (χ0n) is 10.5. The Morgan fingerprint density at radius 3 is 1.83 bits per heavy atom. The van der Waals surface area contributed by atoms with Gasteiger partial charge in [-0.2, -0.15) is 0 Å². The van der Waals surface area contributed by atoms with Crippen LogP contribution in [0.2, 0.25) is 0 Å². The van der Waals surface area contributed by atoms with Crippen molar-refractivity contribution in [3.63, 3.8) is 0 Å². The molecule has 4 aliphatic rings. The van der Waals surface area contributed by atoms with Crippen LogP contribution in [-0.2, 0) is 19.3 Å². The lowest BCUT2D eigenvalue weighted by Gasteiger charge is -2.17. The van der Waals surface area contributed by atoms with Crippen molar-refractivity contribution in [2.75, 3.05) is 6.61 Å². The lowest BCUT2D eigenvalue weighted by molar-refractivity contribution is 0.264. The third-order valence-electron chi connectivity index (χ3n) is 3.88. The molecule has 4 bridgehead atoms. The van der Waals surface area contributed by atoms with E-state index in [4.69, 9.17) is 0 Å². The second kappa shape index (κ2) is 4.95. The molecule has 0 aliphatic heterocycles. The summed E-state index contributed by atoms with van der Waals surface area (Å²) in [5.74, 6) is 0.212. The Balaban J connectivity index is 2.01. The van der Waals surface area contributed by atoms with Gasteiger partial charge in [0.05, 0.1) is 6.61 Å². The van der Waals surface area contributed by atoms with E-state index in [0.717, 1.165) is 19.3 Å². The van der Waals surface area contributed by atoms with Crippen LogP contribution >= 0.6 is 0 Å². The van der Waals surface area contributed by atoms with Gasteiger partial charge in [0.15, 0.2) is 0 Å². The molecule has 0 unspecified atom stereocenters. The van der Waals surface area contributed by atoms with Gasteiger partial charge < -0.3 is 5.11 Å². The molecular weight excluding hydrogens is 220 g/mol. The molecule has 2 aromatic carbocycles. The fourth-order valence-corrected chi connectivity index (χ4v) is 2.66. The molecule has 0 heterocycles. The van der Waals surface area contributed by atoms with Crippen molar-refractivity contribution in [1.29, 1.82) is 0 Å². The fraction of sp³-hybridized carbons (Fsp3) is 0.294. The van der Waals surface area contributed by atoms with Crippen LogP contribution < -0.4 is 0 Å². The van der Waals surface area contributed by atoms with E-state index in [2.05, 4.69) is 48.5 Å². The van der Waals surface area contributed by atoms with Crippen molar-refractivity contribution in [2.24, 2.45) is 0 Å². The van der Waals surface area contributed by atoms with Gasteiger partial charge in [0.2, 0.25) is 0 Å². The van der Waals surface area contributed by atoms with Gasteiger partial charge in [-0.15, -0.1) is 0 Å². The molecule has 6 rings (SSSR count). The summed E-state index contributed by atoms with van der Waals surface area (Å²) in [7, 11) is 0. The Morgan fingerprint density at radius 1 is 0.778 bits per heavy atom. The summed E-state index contributed by atoms with van der Waals surface area (Å²) in [4.78, 5) is 0. The molecule has 2 aromatic rings. The lowest BCUT2D eigenvalue weighted by atomic mass is 9.90. The molecule has 1 N–H and O–H groups in total. The second-order valence-corrected chi connectivity index (χ2v) is 5.14. The first-order chi connectivity index (χ1) is 8.85. The monoisotopic (exact) mass is 238 g/mol. The fourth-order valence-electron chi connectivity index (χ4n) is 2.66. The van der Waals surface area contributed by atoms with Crippen LogP contribution in [0.5, 0.6) is 0 Å². The van der Waals surface area contributed by atoms with Gasteiger partial charge in [-0.25, -0.2) is 0 Å². The Morgan fingerprint density at radius 2 is 1.28 bits per heavy atom. The third-order valence-corrected chi connectivity index (χ3v) is 3.88. The standard InChI is InChI=1S/C17H18O/c18-12-17-11-15-5-3-13(4-6-15)1-2-14-7-9-16(17)10-8-14/h3-10,17-18H,1-2,11-12H2/t17-/m1/s1. The minimum Gasteiger partial charge on any atom is -0.396 e. The van der Waals surface area contributed by atoms with Gasteiger partial charge in [-0.3, -0.25) is 0 Å². The van der Waals surface area contributed by atoms with E-state index in [1.54, 1.807) is 0 Å². The molecular formula is C17H18O. The van der Waals surface area contributed by atoms with E-state index in [-0.39, 0.29) is 12.5 Å². The van der Waals surface area contributed by atoms with Crippen LogP contribution in [0.15, 0.2) is 48.5 Å². The topological polar surface area (TPSA) is 20.2 Å². The molecule has 0 saturated heterocycles. The summed E-state index contributed by atoms with van der Waals surface area (Å²) >= 11 is 0. The molecule has 92 valence electrons. The highest BCUT2D eigenvalue weighted by atomic mass is 16.3. The van der Waals surface area contributed by atoms with Crippen molar-refractivity contribution in [3.8, 4) is 0 Å². The van der Waals surface area contributed by atoms with Gasteiger partial charge >= 0.3 is 0 Å². The van der Waals surface area contributed by atoms with Crippen molar-refractivity contribution in [2.45, 2.75) is 25.2 Å². The summed E-state index contributed by atoms with van der Waals surface area (Å²) in [6.45, 7) is 0.209. The molecule has 0 amide bonds. The summed E-state index contributed by atoms with van der Waals surface area (Å²) < 4.78 is 0. The smallest absolute Gasteiger partial charge is 0.0502 e. The quantitative estimate of drug-likeness (QED) is 0.809. The predicted molar refractivity (Wildman–Crippen MR) is 73.8 cm³/mol. The zero-order chi connectivity index (χ0) is 12.4. The van der Waals surface area contributed by atoms with E-state index in [0.29, 0.717) is 0 Å². The maximum Gasteiger partial charge on any atom is 0.0502 e. The number of hydrogen-bond acceptors (Lipinski definition) is 1. The predicted octanol–water partition coefficient (Wildman–Crippen LogP) is 3.10. The van der Waals surface area contributed by atoms with Gasteiger partial charge in [-0.1, -0.05) is 48.5 Å². The summed E-state index contributed by atoms with van der Waals surface area (Å²) in [5.41, 5.74) is 5.32. The van der Waals surface area contributed by atoms with E-state index in [1.807, 2.05) is 0 Å². The number of aliphatic hydroxyl groups excluding tert-OH is 1. The Bertz CT molecular complexity index is 510. The Hall–Kier alpha value is -1.60. The second-order valence-electron chi connectivity index (χ2n) is 5.14. The molecule has 1 heteroatoms. The van der Waals surface area contributed by atoms with Crippen LogP contribution in [0.4, 0.5) is 0 Å². The first-order valence-electron chi connectivity index (χ1n) is 6.62. The number of hydrogen-bond donors (Lipinski definition) is 1. The van der Waals surface area contributed by atoms with Crippen molar-refractivity contribution < 1.29 is 5.11 Å². The van der Waals surface area contributed by atoms with E-state index < -0.39 is 0 Å². The molecule has 1 atom stereocenters. The Kier molecular flexibility index (Phi) is 3.16. The third kappa shape index (κ3) is 2.32. The average Bonchev–Trinajstić information content (AvgIpc) is 2.42. The summed E-state index contributed by atoms with van der Waals surface area (Å²) in [5, 5.41) is 9.58. The molecule has 4 aliphatic carbocycles. The Labute approximate surface area is 108 Å². The highest BCUT2D eigenvalue weighted by Gasteiger charge is 2.12. The summed E-state index contributed by atoms with van der Waals surface area (Å²) in [6, 6.07) is 17.6. The molecule has 0 saturated carbocycles. The van der Waals surface area contributed by atoms with Crippen LogP contribution in [0.1, 0.15) is 28.2 Å². The minimum absolute atomic E-state index is 0.209. The normalized spacial score (nSPS) is 18.4. The van der Waals surface area contributed by atoms with E-state index >= 15 is 0 Å². The first-order valence-corrected chi connectivity index (χ1v) is 6.62. The van der Waals surface area contributed by atoms with Crippen molar-refractivity contribution in [1.82, 2.24) is 0 Å². The molecule has 1 nitrogen and oxygen atoms in total. The zero-order valence-corrected chi connectivity index (χ0v) is 10.5. The van der Waals surface area contributed by atoms with Gasteiger partial charge in [-0.05, 0) is 41.5 Å². The molecule has 18 heavy (non-hydrogen) atoms. The number of rotatable bonds is 1. The number of aliphatic hydroxyl groups is 1. The van der Waals surface area contributed by atoms with Crippen LogP contribution in [-0.4, -0.2) is 11.7 Å². The minimum atomic E-state index is 0.209.